The molecule has 0 atom stereocenters. The minimum atomic E-state index is 0.566. The normalized spacial score (nSPS) is 15.4. The molecule has 3 aromatic rings. The predicted octanol–water partition coefficient (Wildman–Crippen LogP) is 0.969. The molecule has 4 rings (SSSR count). The number of rotatable bonds is 4. The van der Waals surface area contributed by atoms with Crippen LogP contribution >= 0.6 is 0 Å². The number of nitrogens with one attached hydrogen (secondary N) is 1. The quantitative estimate of drug-likeness (QED) is 0.764. The average molecular weight is 285 g/mol. The Morgan fingerprint density at radius 2 is 2.24 bits per heavy atom. The molecule has 0 amide bonds. The minimum absolute atomic E-state index is 0.566. The second-order valence-corrected chi connectivity index (χ2v) is 5.20. The van der Waals surface area contributed by atoms with Crippen molar-refractivity contribution >= 4 is 17.5 Å². The van der Waals surface area contributed by atoms with E-state index < -0.39 is 0 Å². The molecule has 1 aliphatic heterocycles. The largest absolute Gasteiger partial charge is 0.432 e. The Morgan fingerprint density at radius 1 is 1.33 bits per heavy atom. The highest BCUT2D eigenvalue weighted by Gasteiger charge is 2.28. The van der Waals surface area contributed by atoms with Gasteiger partial charge in [-0.05, 0) is 19.1 Å². The molecule has 8 nitrogen and oxygen atoms in total. The number of nitrogens with zero attached hydrogens (tertiary/aromatic N) is 6. The van der Waals surface area contributed by atoms with Crippen molar-refractivity contribution in [1.82, 2.24) is 24.8 Å². The Kier molecular flexibility index (Phi) is 2.73. The molecule has 3 aromatic heterocycles. The molecule has 0 radical (unpaired) electrons. The van der Waals surface area contributed by atoms with Crippen molar-refractivity contribution in [2.75, 3.05) is 29.9 Å². The van der Waals surface area contributed by atoms with Crippen molar-refractivity contribution < 1.29 is 4.42 Å². The molecule has 108 valence electrons. The van der Waals surface area contributed by atoms with E-state index in [2.05, 4.69) is 30.5 Å². The number of oxazole rings is 1. The highest BCUT2D eigenvalue weighted by atomic mass is 16.4. The maximum atomic E-state index is 5.15. The van der Waals surface area contributed by atoms with Crippen molar-refractivity contribution in [3.8, 4) is 0 Å². The molecule has 4 heterocycles. The molecule has 21 heavy (non-hydrogen) atoms. The highest BCUT2D eigenvalue weighted by Crippen LogP contribution is 2.23. The summed E-state index contributed by atoms with van der Waals surface area (Å²) < 4.78 is 6.92. The monoisotopic (exact) mass is 285 g/mol. The topological polar surface area (TPSA) is 84.4 Å². The van der Waals surface area contributed by atoms with E-state index >= 15 is 0 Å². The Balaban J connectivity index is 1.38. The zero-order valence-electron chi connectivity index (χ0n) is 11.6. The number of hydrogen-bond donors (Lipinski definition) is 1. The third-order valence-corrected chi connectivity index (χ3v) is 3.66. The summed E-state index contributed by atoms with van der Waals surface area (Å²) in [6, 6.07) is 4.51. The molecule has 1 saturated heterocycles. The molecule has 0 saturated carbocycles. The van der Waals surface area contributed by atoms with Gasteiger partial charge in [0.25, 0.3) is 6.01 Å². The van der Waals surface area contributed by atoms with Gasteiger partial charge in [-0.2, -0.15) is 4.52 Å². The number of aromatic nitrogens is 5. The van der Waals surface area contributed by atoms with Gasteiger partial charge < -0.3 is 14.6 Å². The Bertz CT molecular complexity index is 745. The molecule has 0 aromatic carbocycles. The third-order valence-electron chi connectivity index (χ3n) is 3.66. The van der Waals surface area contributed by atoms with Crippen LogP contribution in [0.5, 0.6) is 0 Å². The first kappa shape index (κ1) is 12.1. The average Bonchev–Trinajstić information content (AvgIpc) is 3.08. The summed E-state index contributed by atoms with van der Waals surface area (Å²) in [7, 11) is 0. The second-order valence-electron chi connectivity index (χ2n) is 5.20. The van der Waals surface area contributed by atoms with Crippen molar-refractivity contribution in [2.45, 2.75) is 6.92 Å². The summed E-state index contributed by atoms with van der Waals surface area (Å²) in [4.78, 5) is 6.28. The first-order valence-electron chi connectivity index (χ1n) is 6.87. The van der Waals surface area contributed by atoms with E-state index in [1.165, 1.54) is 0 Å². The van der Waals surface area contributed by atoms with Crippen LogP contribution in [0.1, 0.15) is 5.82 Å². The SMILES string of the molecule is Cc1nnc2ccc(N3CC(CNc4ncco4)C3)nn12. The molecule has 0 unspecified atom stereocenters. The molecule has 1 aliphatic rings. The fourth-order valence-corrected chi connectivity index (χ4v) is 2.48. The van der Waals surface area contributed by atoms with Gasteiger partial charge in [0, 0.05) is 25.6 Å². The van der Waals surface area contributed by atoms with Crippen molar-refractivity contribution in [3.05, 3.63) is 30.4 Å². The molecule has 0 aliphatic carbocycles. The lowest BCUT2D eigenvalue weighted by molar-refractivity contribution is 0.419. The smallest absolute Gasteiger partial charge is 0.294 e. The number of hydrogen-bond acceptors (Lipinski definition) is 7. The molecule has 8 heteroatoms. The van der Waals surface area contributed by atoms with E-state index in [9.17, 15) is 0 Å². The van der Waals surface area contributed by atoms with E-state index in [4.69, 9.17) is 4.42 Å². The van der Waals surface area contributed by atoms with E-state index in [-0.39, 0.29) is 0 Å². The zero-order chi connectivity index (χ0) is 14.2. The number of aryl methyl sites for hydroxylation is 1. The summed E-state index contributed by atoms with van der Waals surface area (Å²) in [5.41, 5.74) is 0.777. The van der Waals surface area contributed by atoms with E-state index in [1.807, 2.05) is 19.1 Å². The summed E-state index contributed by atoms with van der Waals surface area (Å²) in [6.07, 6.45) is 3.20. The van der Waals surface area contributed by atoms with E-state index in [0.29, 0.717) is 11.9 Å². The van der Waals surface area contributed by atoms with E-state index in [0.717, 1.165) is 36.9 Å². The lowest BCUT2D eigenvalue weighted by Gasteiger charge is -2.39. The third kappa shape index (κ3) is 2.18. The lowest BCUT2D eigenvalue weighted by Crippen LogP contribution is -2.50. The number of anilines is 2. The minimum Gasteiger partial charge on any atom is -0.432 e. The maximum absolute atomic E-state index is 5.15. The lowest BCUT2D eigenvalue weighted by atomic mass is 10.0. The first-order valence-corrected chi connectivity index (χ1v) is 6.87. The van der Waals surface area contributed by atoms with Crippen LogP contribution in [-0.2, 0) is 0 Å². The Labute approximate surface area is 120 Å². The van der Waals surface area contributed by atoms with Gasteiger partial charge in [0.2, 0.25) is 0 Å². The Hall–Kier alpha value is -2.64. The van der Waals surface area contributed by atoms with E-state index in [1.54, 1.807) is 17.0 Å². The van der Waals surface area contributed by atoms with Crippen LogP contribution in [0.3, 0.4) is 0 Å². The fourth-order valence-electron chi connectivity index (χ4n) is 2.48. The molecule has 0 spiro atoms. The summed E-state index contributed by atoms with van der Waals surface area (Å²) >= 11 is 0. The van der Waals surface area contributed by atoms with Crippen LogP contribution < -0.4 is 10.2 Å². The first-order chi connectivity index (χ1) is 10.3. The van der Waals surface area contributed by atoms with Gasteiger partial charge in [-0.25, -0.2) is 4.98 Å². The van der Waals surface area contributed by atoms with Gasteiger partial charge in [-0.1, -0.05) is 0 Å². The van der Waals surface area contributed by atoms with Crippen LogP contribution in [-0.4, -0.2) is 44.4 Å². The molecule has 0 bridgehead atoms. The molecular formula is C13H15N7O. The standard InChI is InChI=1S/C13H15N7O/c1-9-16-17-11-2-3-12(18-20(9)11)19-7-10(8-19)6-15-13-14-4-5-21-13/h2-5,10H,6-8H2,1H3,(H,14,15). The molecule has 1 N–H and O–H groups in total. The van der Waals surface area contributed by atoms with Crippen molar-refractivity contribution in [2.24, 2.45) is 5.92 Å². The van der Waals surface area contributed by atoms with Gasteiger partial charge >= 0.3 is 0 Å². The van der Waals surface area contributed by atoms with Gasteiger partial charge in [0.05, 0.1) is 6.20 Å². The number of fused-ring (bicyclic) bond motifs is 1. The summed E-state index contributed by atoms with van der Waals surface area (Å²) in [5.74, 6) is 2.32. The van der Waals surface area contributed by atoms with Gasteiger partial charge in [0.15, 0.2) is 11.5 Å². The van der Waals surface area contributed by atoms with Gasteiger partial charge in [-0.3, -0.25) is 0 Å². The summed E-state index contributed by atoms with van der Waals surface area (Å²) in [5, 5.41) is 15.8. The van der Waals surface area contributed by atoms with Gasteiger partial charge in [0.1, 0.15) is 12.1 Å². The zero-order valence-corrected chi connectivity index (χ0v) is 11.6. The van der Waals surface area contributed by atoms with Gasteiger partial charge in [-0.15, -0.1) is 15.3 Å². The summed E-state index contributed by atoms with van der Waals surface area (Å²) in [6.45, 7) is 4.68. The van der Waals surface area contributed by atoms with Crippen molar-refractivity contribution in [3.63, 3.8) is 0 Å². The van der Waals surface area contributed by atoms with Crippen LogP contribution in [0.25, 0.3) is 5.65 Å². The van der Waals surface area contributed by atoms with Crippen LogP contribution in [0.4, 0.5) is 11.8 Å². The fraction of sp³-hybridized carbons (Fsp3) is 0.385. The molecule has 1 fully saturated rings. The maximum Gasteiger partial charge on any atom is 0.294 e. The highest BCUT2D eigenvalue weighted by molar-refractivity contribution is 5.47. The molecular weight excluding hydrogens is 270 g/mol. The second kappa shape index (κ2) is 4.72. The van der Waals surface area contributed by atoms with Crippen LogP contribution in [0, 0.1) is 12.8 Å². The van der Waals surface area contributed by atoms with Crippen LogP contribution in [0.2, 0.25) is 0 Å². The van der Waals surface area contributed by atoms with Crippen molar-refractivity contribution in [1.29, 1.82) is 0 Å². The Morgan fingerprint density at radius 3 is 3.05 bits per heavy atom. The predicted molar refractivity (Wildman–Crippen MR) is 76.2 cm³/mol. The van der Waals surface area contributed by atoms with Crippen LogP contribution in [0.15, 0.2) is 29.0 Å².